The molecule has 2 aromatic carbocycles. The van der Waals surface area contributed by atoms with Crippen molar-refractivity contribution in [2.24, 2.45) is 0 Å². The molecule has 2 heterocycles. The topological polar surface area (TPSA) is 103 Å². The molecule has 10 heteroatoms. The highest BCUT2D eigenvalue weighted by atomic mass is 35.5. The Morgan fingerprint density at radius 3 is 2.63 bits per heavy atom. The second kappa shape index (κ2) is 8.03. The minimum atomic E-state index is -0.537. The number of anilines is 2. The minimum Gasteiger partial charge on any atom is -0.497 e. The van der Waals surface area contributed by atoms with Gasteiger partial charge in [-0.1, -0.05) is 28.8 Å². The molecule has 0 unspecified atom stereocenters. The predicted molar refractivity (Wildman–Crippen MR) is 112 cm³/mol. The Hall–Kier alpha value is -3.59. The monoisotopic (exact) mass is 426 g/mol. The van der Waals surface area contributed by atoms with Gasteiger partial charge < -0.3 is 20.1 Å². The van der Waals surface area contributed by atoms with Gasteiger partial charge in [0.2, 0.25) is 5.95 Å². The number of ether oxygens (including phenoxy) is 2. The molecule has 0 fully saturated rings. The number of hydrogen-bond donors (Lipinski definition) is 2. The van der Waals surface area contributed by atoms with Crippen molar-refractivity contribution in [3.63, 3.8) is 0 Å². The van der Waals surface area contributed by atoms with Gasteiger partial charge in [-0.15, -0.1) is 0 Å². The van der Waals surface area contributed by atoms with Crippen LogP contribution in [0.1, 0.15) is 18.5 Å². The van der Waals surface area contributed by atoms with Gasteiger partial charge in [0.25, 0.3) is 5.91 Å². The van der Waals surface area contributed by atoms with E-state index in [4.69, 9.17) is 21.1 Å². The molecule has 154 valence electrons. The van der Waals surface area contributed by atoms with Crippen molar-refractivity contribution in [3.8, 4) is 11.5 Å². The van der Waals surface area contributed by atoms with Crippen LogP contribution in [0, 0.1) is 0 Å². The highest BCUT2D eigenvalue weighted by Gasteiger charge is 2.34. The molecular formula is C20H19ClN6O3. The van der Waals surface area contributed by atoms with E-state index < -0.39 is 6.04 Å². The van der Waals surface area contributed by atoms with Gasteiger partial charge in [0.1, 0.15) is 17.5 Å². The maximum Gasteiger partial charge on any atom is 0.255 e. The fourth-order valence-corrected chi connectivity index (χ4v) is 3.49. The maximum atomic E-state index is 13.4. The van der Waals surface area contributed by atoms with Gasteiger partial charge in [-0.3, -0.25) is 4.79 Å². The Kier molecular flexibility index (Phi) is 5.28. The van der Waals surface area contributed by atoms with Gasteiger partial charge >= 0.3 is 0 Å². The van der Waals surface area contributed by atoms with Crippen LogP contribution in [0.5, 0.6) is 11.5 Å². The molecule has 1 aliphatic heterocycles. The second-order valence-corrected chi connectivity index (χ2v) is 7.02. The molecule has 3 aromatic rings. The van der Waals surface area contributed by atoms with Crippen molar-refractivity contribution in [1.29, 1.82) is 0 Å². The number of tetrazole rings is 1. The quantitative estimate of drug-likeness (QED) is 0.645. The van der Waals surface area contributed by atoms with E-state index in [0.717, 1.165) is 5.56 Å². The van der Waals surface area contributed by atoms with Crippen LogP contribution in [0.3, 0.4) is 0 Å². The average Bonchev–Trinajstić information content (AvgIpc) is 3.21. The number of amides is 1. The van der Waals surface area contributed by atoms with Crippen molar-refractivity contribution in [2.45, 2.75) is 13.0 Å². The normalized spacial score (nSPS) is 15.3. The number of fused-ring (bicyclic) bond motifs is 1. The first-order valence-corrected chi connectivity index (χ1v) is 9.44. The first kappa shape index (κ1) is 19.7. The summed E-state index contributed by atoms with van der Waals surface area (Å²) >= 11 is 6.05. The molecular weight excluding hydrogens is 408 g/mol. The van der Waals surface area contributed by atoms with Crippen molar-refractivity contribution in [3.05, 3.63) is 64.3 Å². The summed E-state index contributed by atoms with van der Waals surface area (Å²) in [7, 11) is 3.09. The van der Waals surface area contributed by atoms with E-state index >= 15 is 0 Å². The predicted octanol–water partition coefficient (Wildman–Crippen LogP) is 3.27. The summed E-state index contributed by atoms with van der Waals surface area (Å²) in [5, 5.41) is 18.4. The highest BCUT2D eigenvalue weighted by Crippen LogP contribution is 2.36. The molecule has 0 saturated carbocycles. The SMILES string of the molecule is COc1ccc(OC)c(NC(=O)C2=C(C)Nc3nnnn3[C@H]2c2ccc(Cl)cc2)c1. The van der Waals surface area contributed by atoms with E-state index in [1.54, 1.807) is 49.0 Å². The number of carbonyl (C=O) groups excluding carboxylic acids is 1. The lowest BCUT2D eigenvalue weighted by Crippen LogP contribution is -2.31. The van der Waals surface area contributed by atoms with Crippen LogP contribution < -0.4 is 20.1 Å². The molecule has 30 heavy (non-hydrogen) atoms. The summed E-state index contributed by atoms with van der Waals surface area (Å²) in [5.41, 5.74) is 2.40. The maximum absolute atomic E-state index is 13.4. The molecule has 1 aromatic heterocycles. The van der Waals surface area contributed by atoms with Gasteiger partial charge in [-0.05, 0) is 47.2 Å². The van der Waals surface area contributed by atoms with E-state index in [9.17, 15) is 4.79 Å². The van der Waals surface area contributed by atoms with Gasteiger partial charge in [-0.2, -0.15) is 4.68 Å². The number of nitrogens with one attached hydrogen (secondary N) is 2. The number of nitrogens with zero attached hydrogens (tertiary/aromatic N) is 4. The zero-order valence-corrected chi connectivity index (χ0v) is 17.3. The Balaban J connectivity index is 1.75. The summed E-state index contributed by atoms with van der Waals surface area (Å²) in [6.07, 6.45) is 0. The van der Waals surface area contributed by atoms with Crippen LogP contribution in [0.25, 0.3) is 0 Å². The zero-order valence-electron chi connectivity index (χ0n) is 16.5. The average molecular weight is 427 g/mol. The molecule has 1 amide bonds. The summed E-state index contributed by atoms with van der Waals surface area (Å²) in [4.78, 5) is 13.4. The lowest BCUT2D eigenvalue weighted by atomic mass is 9.95. The Morgan fingerprint density at radius 1 is 1.17 bits per heavy atom. The molecule has 9 nitrogen and oxygen atoms in total. The van der Waals surface area contributed by atoms with E-state index in [0.29, 0.717) is 39.4 Å². The van der Waals surface area contributed by atoms with Crippen molar-refractivity contribution in [1.82, 2.24) is 20.2 Å². The van der Waals surface area contributed by atoms with Crippen LogP contribution in [-0.2, 0) is 4.79 Å². The number of aromatic nitrogens is 4. The number of methoxy groups -OCH3 is 2. The summed E-state index contributed by atoms with van der Waals surface area (Å²) in [6.45, 7) is 1.80. The number of hydrogen-bond acceptors (Lipinski definition) is 7. The Morgan fingerprint density at radius 2 is 1.93 bits per heavy atom. The number of benzene rings is 2. The summed E-state index contributed by atoms with van der Waals surface area (Å²) in [6, 6.07) is 11.9. The minimum absolute atomic E-state index is 0.326. The molecule has 0 saturated heterocycles. The Labute approximate surface area is 177 Å². The first-order valence-electron chi connectivity index (χ1n) is 9.06. The summed E-state index contributed by atoms with van der Waals surface area (Å²) in [5.74, 6) is 1.23. The molecule has 0 spiro atoms. The highest BCUT2D eigenvalue weighted by molar-refractivity contribution is 6.30. The number of rotatable bonds is 5. The van der Waals surface area contributed by atoms with E-state index in [-0.39, 0.29) is 5.91 Å². The molecule has 2 N–H and O–H groups in total. The summed E-state index contributed by atoms with van der Waals surface area (Å²) < 4.78 is 12.2. The van der Waals surface area contributed by atoms with Crippen molar-refractivity contribution in [2.75, 3.05) is 24.9 Å². The van der Waals surface area contributed by atoms with E-state index in [1.165, 1.54) is 7.11 Å². The zero-order chi connectivity index (χ0) is 21.3. The van der Waals surface area contributed by atoms with Crippen LogP contribution in [-0.4, -0.2) is 40.3 Å². The third-order valence-electron chi connectivity index (χ3n) is 4.80. The third kappa shape index (κ3) is 3.55. The first-order chi connectivity index (χ1) is 14.5. The van der Waals surface area contributed by atoms with Crippen LogP contribution >= 0.6 is 11.6 Å². The van der Waals surface area contributed by atoms with Crippen molar-refractivity contribution >= 4 is 29.1 Å². The molecule has 0 radical (unpaired) electrons. The fourth-order valence-electron chi connectivity index (χ4n) is 3.36. The third-order valence-corrected chi connectivity index (χ3v) is 5.05. The second-order valence-electron chi connectivity index (χ2n) is 6.59. The standard InChI is InChI=1S/C20H19ClN6O3/c1-11-17(19(28)23-15-10-14(29-2)8-9-16(15)30-3)18(12-4-6-13(21)7-5-12)27-20(22-11)24-25-26-27/h4-10,18H,1-3H3,(H,23,28)(H,22,24,26)/t18-/m0/s1. The van der Waals surface area contributed by atoms with Crippen molar-refractivity contribution < 1.29 is 14.3 Å². The van der Waals surface area contributed by atoms with Gasteiger partial charge in [0, 0.05) is 16.8 Å². The molecule has 1 atom stereocenters. The fraction of sp³-hybridized carbons (Fsp3) is 0.200. The molecule has 0 aliphatic carbocycles. The van der Waals surface area contributed by atoms with Crippen LogP contribution in [0.4, 0.5) is 11.6 Å². The van der Waals surface area contributed by atoms with Gasteiger partial charge in [0.05, 0.1) is 25.5 Å². The lowest BCUT2D eigenvalue weighted by Gasteiger charge is -2.28. The number of halogens is 1. The number of carbonyl (C=O) groups is 1. The molecule has 1 aliphatic rings. The molecule has 4 rings (SSSR count). The van der Waals surface area contributed by atoms with Gasteiger partial charge in [-0.25, -0.2) is 0 Å². The Bertz CT molecular complexity index is 1130. The molecule has 0 bridgehead atoms. The lowest BCUT2D eigenvalue weighted by molar-refractivity contribution is -0.113. The number of allylic oxidation sites excluding steroid dienone is 1. The van der Waals surface area contributed by atoms with Crippen LogP contribution in [0.15, 0.2) is 53.7 Å². The van der Waals surface area contributed by atoms with Crippen LogP contribution in [0.2, 0.25) is 5.02 Å². The smallest absolute Gasteiger partial charge is 0.255 e. The van der Waals surface area contributed by atoms with E-state index in [2.05, 4.69) is 26.2 Å². The largest absolute Gasteiger partial charge is 0.497 e. The van der Waals surface area contributed by atoms with Gasteiger partial charge in [0.15, 0.2) is 0 Å². The van der Waals surface area contributed by atoms with E-state index in [1.807, 2.05) is 12.1 Å².